The number of aromatic nitrogens is 2. The van der Waals surface area contributed by atoms with Gasteiger partial charge in [-0.05, 0) is 43.7 Å². The van der Waals surface area contributed by atoms with Gasteiger partial charge in [-0.25, -0.2) is 4.98 Å². The van der Waals surface area contributed by atoms with Crippen molar-refractivity contribution in [3.05, 3.63) is 58.9 Å². The zero-order valence-corrected chi connectivity index (χ0v) is 17.9. The van der Waals surface area contributed by atoms with Crippen LogP contribution >= 0.6 is 0 Å². The molecule has 1 fully saturated rings. The molecule has 3 heterocycles. The third-order valence-electron chi connectivity index (χ3n) is 5.85. The Morgan fingerprint density at radius 2 is 1.87 bits per heavy atom. The van der Waals surface area contributed by atoms with E-state index >= 15 is 0 Å². The molecule has 0 atom stereocenters. The van der Waals surface area contributed by atoms with E-state index in [4.69, 9.17) is 0 Å². The van der Waals surface area contributed by atoms with Crippen LogP contribution in [0.5, 0.6) is 0 Å². The molecule has 0 unspecified atom stereocenters. The number of fused-ring (bicyclic) bond motifs is 1. The van der Waals surface area contributed by atoms with Gasteiger partial charge in [0.1, 0.15) is 11.9 Å². The highest BCUT2D eigenvalue weighted by atomic mass is 15.3. The van der Waals surface area contributed by atoms with Crippen molar-refractivity contribution in [2.45, 2.75) is 27.3 Å². The summed E-state index contributed by atoms with van der Waals surface area (Å²) in [6, 6.07) is 10.7. The summed E-state index contributed by atoms with van der Waals surface area (Å²) < 4.78 is 0. The molecule has 3 aromatic rings. The van der Waals surface area contributed by atoms with Crippen molar-refractivity contribution in [3.63, 3.8) is 0 Å². The lowest BCUT2D eigenvalue weighted by atomic mass is 10.0. The molecule has 0 aliphatic carbocycles. The number of rotatable bonds is 5. The molecule has 30 heavy (non-hydrogen) atoms. The standard InChI is InChI=1S/C24H28N6/c1-4-29-7-9-30(10-8-29)22-6-5-19(14-26-22)15-27-24-20(13-25)16-28-23-18(3)11-17(2)12-21(23)24/h5-6,11-12,14,16H,4,7-10,15H2,1-3H3,(H,27,28). The van der Waals surface area contributed by atoms with Gasteiger partial charge in [0.05, 0.1) is 16.8 Å². The van der Waals surface area contributed by atoms with Gasteiger partial charge in [0, 0.05) is 50.5 Å². The van der Waals surface area contributed by atoms with Gasteiger partial charge in [-0.2, -0.15) is 5.26 Å². The van der Waals surface area contributed by atoms with Crippen LogP contribution in [-0.4, -0.2) is 47.6 Å². The first-order valence-electron chi connectivity index (χ1n) is 10.5. The summed E-state index contributed by atoms with van der Waals surface area (Å²) in [4.78, 5) is 14.0. The van der Waals surface area contributed by atoms with E-state index < -0.39 is 0 Å². The molecule has 154 valence electrons. The first-order valence-corrected chi connectivity index (χ1v) is 10.5. The second-order valence-electron chi connectivity index (χ2n) is 7.94. The Morgan fingerprint density at radius 1 is 1.07 bits per heavy atom. The summed E-state index contributed by atoms with van der Waals surface area (Å²) in [6.45, 7) is 12.3. The van der Waals surface area contributed by atoms with Gasteiger partial charge in [0.15, 0.2) is 0 Å². The summed E-state index contributed by atoms with van der Waals surface area (Å²) in [6.07, 6.45) is 3.59. The molecular weight excluding hydrogens is 372 g/mol. The van der Waals surface area contributed by atoms with Crippen molar-refractivity contribution in [3.8, 4) is 6.07 Å². The molecule has 1 aliphatic rings. The van der Waals surface area contributed by atoms with Crippen molar-refractivity contribution >= 4 is 22.4 Å². The lowest BCUT2D eigenvalue weighted by molar-refractivity contribution is 0.270. The molecular formula is C24H28N6. The number of benzene rings is 1. The average molecular weight is 401 g/mol. The molecule has 0 saturated carbocycles. The maximum absolute atomic E-state index is 9.58. The molecule has 1 aliphatic heterocycles. The van der Waals surface area contributed by atoms with Crippen LogP contribution in [0.25, 0.3) is 10.9 Å². The Morgan fingerprint density at radius 3 is 2.53 bits per heavy atom. The van der Waals surface area contributed by atoms with E-state index in [1.165, 1.54) is 0 Å². The van der Waals surface area contributed by atoms with E-state index in [0.29, 0.717) is 12.1 Å². The Labute approximate surface area is 178 Å². The monoisotopic (exact) mass is 400 g/mol. The van der Waals surface area contributed by atoms with Gasteiger partial charge >= 0.3 is 0 Å². The van der Waals surface area contributed by atoms with Crippen LogP contribution in [0.15, 0.2) is 36.7 Å². The second kappa shape index (κ2) is 8.68. The number of anilines is 2. The van der Waals surface area contributed by atoms with Crippen molar-refractivity contribution in [1.82, 2.24) is 14.9 Å². The van der Waals surface area contributed by atoms with E-state index in [-0.39, 0.29) is 0 Å². The number of aryl methyl sites for hydroxylation is 2. The fourth-order valence-electron chi connectivity index (χ4n) is 4.13. The highest BCUT2D eigenvalue weighted by molar-refractivity contribution is 5.96. The minimum Gasteiger partial charge on any atom is -0.379 e. The second-order valence-corrected chi connectivity index (χ2v) is 7.94. The number of piperazine rings is 1. The summed E-state index contributed by atoms with van der Waals surface area (Å²) >= 11 is 0. The van der Waals surface area contributed by atoms with Gasteiger partial charge in [-0.3, -0.25) is 4.98 Å². The smallest absolute Gasteiger partial charge is 0.128 e. The van der Waals surface area contributed by atoms with Crippen LogP contribution in [-0.2, 0) is 6.54 Å². The molecule has 1 aromatic carbocycles. The van der Waals surface area contributed by atoms with E-state index in [2.05, 4.69) is 76.2 Å². The van der Waals surface area contributed by atoms with E-state index in [0.717, 1.165) is 71.8 Å². The molecule has 2 aromatic heterocycles. The first-order chi connectivity index (χ1) is 14.6. The number of nitriles is 1. The zero-order chi connectivity index (χ0) is 21.1. The summed E-state index contributed by atoms with van der Waals surface area (Å²) in [5, 5.41) is 14.0. The quantitative estimate of drug-likeness (QED) is 0.701. The molecule has 0 bridgehead atoms. The number of hydrogen-bond acceptors (Lipinski definition) is 6. The summed E-state index contributed by atoms with van der Waals surface area (Å²) in [5.74, 6) is 1.04. The van der Waals surface area contributed by atoms with Crippen LogP contribution < -0.4 is 10.2 Å². The van der Waals surface area contributed by atoms with Crippen LogP contribution in [0.2, 0.25) is 0 Å². The molecule has 6 nitrogen and oxygen atoms in total. The third-order valence-corrected chi connectivity index (χ3v) is 5.85. The Balaban J connectivity index is 1.51. The fourth-order valence-corrected chi connectivity index (χ4v) is 4.13. The zero-order valence-electron chi connectivity index (χ0n) is 17.9. The lowest BCUT2D eigenvalue weighted by Crippen LogP contribution is -2.46. The highest BCUT2D eigenvalue weighted by Crippen LogP contribution is 2.29. The van der Waals surface area contributed by atoms with Gasteiger partial charge < -0.3 is 15.1 Å². The van der Waals surface area contributed by atoms with Gasteiger partial charge in [-0.15, -0.1) is 0 Å². The van der Waals surface area contributed by atoms with E-state index in [1.807, 2.05) is 6.20 Å². The van der Waals surface area contributed by atoms with Crippen molar-refractivity contribution in [2.24, 2.45) is 0 Å². The van der Waals surface area contributed by atoms with Crippen LogP contribution in [0.3, 0.4) is 0 Å². The van der Waals surface area contributed by atoms with Gasteiger partial charge in [0.25, 0.3) is 0 Å². The fraction of sp³-hybridized carbons (Fsp3) is 0.375. The lowest BCUT2D eigenvalue weighted by Gasteiger charge is -2.34. The topological polar surface area (TPSA) is 68.1 Å². The highest BCUT2D eigenvalue weighted by Gasteiger charge is 2.16. The SMILES string of the molecule is CCN1CCN(c2ccc(CNc3c(C#N)cnc4c(C)cc(C)cc34)cn2)CC1. The minimum absolute atomic E-state index is 0.561. The molecule has 4 rings (SSSR count). The predicted octanol–water partition coefficient (Wildman–Crippen LogP) is 3.87. The van der Waals surface area contributed by atoms with Gasteiger partial charge in [0.2, 0.25) is 0 Å². The number of hydrogen-bond donors (Lipinski definition) is 1. The maximum Gasteiger partial charge on any atom is 0.128 e. The van der Waals surface area contributed by atoms with Crippen LogP contribution in [0.4, 0.5) is 11.5 Å². The molecule has 0 radical (unpaired) electrons. The first kappa shape index (κ1) is 20.1. The van der Waals surface area contributed by atoms with Crippen molar-refractivity contribution in [1.29, 1.82) is 5.26 Å². The van der Waals surface area contributed by atoms with Crippen LogP contribution in [0, 0.1) is 25.2 Å². The Hall–Kier alpha value is -3.17. The third kappa shape index (κ3) is 4.07. The molecule has 1 N–H and O–H groups in total. The van der Waals surface area contributed by atoms with Gasteiger partial charge in [-0.1, -0.05) is 24.6 Å². The normalized spacial score (nSPS) is 14.7. The maximum atomic E-state index is 9.58. The van der Waals surface area contributed by atoms with Crippen molar-refractivity contribution in [2.75, 3.05) is 42.9 Å². The Bertz CT molecular complexity index is 1080. The number of pyridine rings is 2. The summed E-state index contributed by atoms with van der Waals surface area (Å²) in [5.41, 5.74) is 5.70. The number of likely N-dealkylation sites (N-methyl/N-ethyl adjacent to an activating group) is 1. The molecule has 6 heteroatoms. The van der Waals surface area contributed by atoms with Crippen molar-refractivity contribution < 1.29 is 0 Å². The number of nitrogens with zero attached hydrogens (tertiary/aromatic N) is 5. The minimum atomic E-state index is 0.561. The number of nitrogens with one attached hydrogen (secondary N) is 1. The largest absolute Gasteiger partial charge is 0.379 e. The average Bonchev–Trinajstić information content (AvgIpc) is 2.77. The summed E-state index contributed by atoms with van der Waals surface area (Å²) in [7, 11) is 0. The molecule has 0 spiro atoms. The van der Waals surface area contributed by atoms with E-state index in [1.54, 1.807) is 6.20 Å². The van der Waals surface area contributed by atoms with E-state index in [9.17, 15) is 5.26 Å². The molecule has 1 saturated heterocycles. The Kier molecular flexibility index (Phi) is 5.82. The molecule has 0 amide bonds. The van der Waals surface area contributed by atoms with Crippen LogP contribution in [0.1, 0.15) is 29.2 Å². The predicted molar refractivity (Wildman–Crippen MR) is 122 cm³/mol.